The lowest BCUT2D eigenvalue weighted by atomic mass is 10.1. The Morgan fingerprint density at radius 3 is 2.86 bits per heavy atom. The molecule has 3 heteroatoms. The first kappa shape index (κ1) is 9.94. The quantitative estimate of drug-likeness (QED) is 0.827. The second-order valence-electron chi connectivity index (χ2n) is 3.77. The van der Waals surface area contributed by atoms with Gasteiger partial charge in [-0.2, -0.15) is 0 Å². The third-order valence-corrected chi connectivity index (χ3v) is 2.81. The van der Waals surface area contributed by atoms with E-state index in [1.165, 1.54) is 12.8 Å². The number of halogens is 1. The fourth-order valence-electron chi connectivity index (χ4n) is 1.73. The molecule has 0 radical (unpaired) electrons. The molecule has 0 saturated heterocycles. The van der Waals surface area contributed by atoms with Gasteiger partial charge in [0.05, 0.1) is 16.8 Å². The summed E-state index contributed by atoms with van der Waals surface area (Å²) in [5.74, 6) is 0.781. The van der Waals surface area contributed by atoms with Gasteiger partial charge in [0.1, 0.15) is 0 Å². The van der Waals surface area contributed by atoms with E-state index in [1.54, 1.807) is 6.20 Å². The van der Waals surface area contributed by atoms with Gasteiger partial charge in [0.25, 0.3) is 0 Å². The van der Waals surface area contributed by atoms with Gasteiger partial charge >= 0.3 is 0 Å². The zero-order chi connectivity index (χ0) is 9.97. The van der Waals surface area contributed by atoms with E-state index in [9.17, 15) is 0 Å². The van der Waals surface area contributed by atoms with Gasteiger partial charge in [0.2, 0.25) is 0 Å². The van der Waals surface area contributed by atoms with Crippen LogP contribution in [0.3, 0.4) is 0 Å². The first-order valence-electron chi connectivity index (χ1n) is 5.16. The first-order valence-corrected chi connectivity index (χ1v) is 5.54. The molecule has 1 aromatic heterocycles. The number of hydrogen-bond acceptors (Lipinski definition) is 2. The van der Waals surface area contributed by atoms with Crippen LogP contribution in [0.5, 0.6) is 0 Å². The zero-order valence-corrected chi connectivity index (χ0v) is 9.09. The molecule has 1 heterocycles. The second kappa shape index (κ2) is 4.28. The molecule has 0 aliphatic heterocycles. The van der Waals surface area contributed by atoms with Crippen LogP contribution in [-0.4, -0.2) is 11.5 Å². The van der Waals surface area contributed by atoms with Gasteiger partial charge in [-0.1, -0.05) is 18.5 Å². The zero-order valence-electron chi connectivity index (χ0n) is 8.33. The maximum atomic E-state index is 5.81. The average Bonchev–Trinajstić information content (AvgIpc) is 2.99. The lowest BCUT2D eigenvalue weighted by Crippen LogP contribution is -2.23. The number of rotatable bonds is 4. The van der Waals surface area contributed by atoms with Gasteiger partial charge in [-0.15, -0.1) is 0 Å². The van der Waals surface area contributed by atoms with Gasteiger partial charge in [0, 0.05) is 6.20 Å². The van der Waals surface area contributed by atoms with Crippen molar-refractivity contribution in [1.29, 1.82) is 0 Å². The van der Waals surface area contributed by atoms with E-state index in [2.05, 4.69) is 17.2 Å². The SMILES string of the molecule is CCNC(c1ccc(Cl)cn1)C1CC1. The van der Waals surface area contributed by atoms with Crippen molar-refractivity contribution in [1.82, 2.24) is 10.3 Å². The highest BCUT2D eigenvalue weighted by Crippen LogP contribution is 2.40. The summed E-state index contributed by atoms with van der Waals surface area (Å²) in [5.41, 5.74) is 1.12. The van der Waals surface area contributed by atoms with Crippen molar-refractivity contribution in [2.45, 2.75) is 25.8 Å². The van der Waals surface area contributed by atoms with Crippen LogP contribution in [0.2, 0.25) is 5.02 Å². The van der Waals surface area contributed by atoms with Crippen LogP contribution < -0.4 is 5.32 Å². The molecule has 2 nitrogen and oxygen atoms in total. The third-order valence-electron chi connectivity index (χ3n) is 2.59. The Morgan fingerprint density at radius 1 is 1.57 bits per heavy atom. The summed E-state index contributed by atoms with van der Waals surface area (Å²) in [6.45, 7) is 3.12. The van der Waals surface area contributed by atoms with Gasteiger partial charge in [-0.25, -0.2) is 0 Å². The monoisotopic (exact) mass is 210 g/mol. The van der Waals surface area contributed by atoms with Crippen LogP contribution in [0.15, 0.2) is 18.3 Å². The summed E-state index contributed by atoms with van der Waals surface area (Å²) in [6.07, 6.45) is 4.37. The molecule has 1 aromatic rings. The standard InChI is InChI=1S/C11H15ClN2/c1-2-13-11(8-3-4-8)10-6-5-9(12)7-14-10/h5-8,11,13H,2-4H2,1H3. The Morgan fingerprint density at radius 2 is 2.36 bits per heavy atom. The minimum atomic E-state index is 0.428. The molecule has 0 bridgehead atoms. The van der Waals surface area contributed by atoms with Crippen molar-refractivity contribution < 1.29 is 0 Å². The Kier molecular flexibility index (Phi) is 3.04. The van der Waals surface area contributed by atoms with Crippen LogP contribution in [-0.2, 0) is 0 Å². The Bertz CT molecular complexity index is 293. The van der Waals surface area contributed by atoms with Gasteiger partial charge < -0.3 is 5.32 Å². The highest BCUT2D eigenvalue weighted by atomic mass is 35.5. The van der Waals surface area contributed by atoms with E-state index >= 15 is 0 Å². The molecular formula is C11H15ClN2. The van der Waals surface area contributed by atoms with Gasteiger partial charge in [-0.05, 0) is 37.4 Å². The molecule has 76 valence electrons. The molecule has 1 aliphatic carbocycles. The summed E-state index contributed by atoms with van der Waals surface area (Å²) < 4.78 is 0. The van der Waals surface area contributed by atoms with Crippen LogP contribution >= 0.6 is 11.6 Å². The molecule has 1 fully saturated rings. The number of hydrogen-bond donors (Lipinski definition) is 1. The smallest absolute Gasteiger partial charge is 0.0589 e. The number of aromatic nitrogens is 1. The van der Waals surface area contributed by atoms with Crippen molar-refractivity contribution in [3.63, 3.8) is 0 Å². The fourth-order valence-corrected chi connectivity index (χ4v) is 1.85. The van der Waals surface area contributed by atoms with Gasteiger partial charge in [0.15, 0.2) is 0 Å². The molecule has 0 aromatic carbocycles. The van der Waals surface area contributed by atoms with Gasteiger partial charge in [-0.3, -0.25) is 4.98 Å². The van der Waals surface area contributed by atoms with Crippen molar-refractivity contribution in [2.75, 3.05) is 6.54 Å². The lowest BCUT2D eigenvalue weighted by molar-refractivity contribution is 0.485. The van der Waals surface area contributed by atoms with E-state index in [0.717, 1.165) is 18.2 Å². The topological polar surface area (TPSA) is 24.9 Å². The van der Waals surface area contributed by atoms with E-state index < -0.39 is 0 Å². The van der Waals surface area contributed by atoms with Crippen LogP contribution in [0.4, 0.5) is 0 Å². The van der Waals surface area contributed by atoms with Crippen LogP contribution in [0.25, 0.3) is 0 Å². The molecule has 0 spiro atoms. The summed E-state index contributed by atoms with van der Waals surface area (Å²) in [5, 5.41) is 4.18. The molecule has 2 rings (SSSR count). The summed E-state index contributed by atoms with van der Waals surface area (Å²) in [7, 11) is 0. The maximum absolute atomic E-state index is 5.81. The summed E-state index contributed by atoms with van der Waals surface area (Å²) in [6, 6.07) is 4.36. The van der Waals surface area contributed by atoms with Crippen molar-refractivity contribution in [3.05, 3.63) is 29.0 Å². The average molecular weight is 211 g/mol. The molecule has 14 heavy (non-hydrogen) atoms. The predicted octanol–water partition coefficient (Wildman–Crippen LogP) is 2.80. The largest absolute Gasteiger partial charge is 0.309 e. The molecule has 1 aliphatic rings. The van der Waals surface area contributed by atoms with Crippen LogP contribution in [0.1, 0.15) is 31.5 Å². The maximum Gasteiger partial charge on any atom is 0.0589 e. The molecular weight excluding hydrogens is 196 g/mol. The summed E-state index contributed by atoms with van der Waals surface area (Å²) in [4.78, 5) is 4.36. The second-order valence-corrected chi connectivity index (χ2v) is 4.21. The van der Waals surface area contributed by atoms with Crippen molar-refractivity contribution in [3.8, 4) is 0 Å². The fraction of sp³-hybridized carbons (Fsp3) is 0.545. The van der Waals surface area contributed by atoms with E-state index in [-0.39, 0.29) is 0 Å². The highest BCUT2D eigenvalue weighted by molar-refractivity contribution is 6.30. The third kappa shape index (κ3) is 2.25. The number of nitrogens with zero attached hydrogens (tertiary/aromatic N) is 1. The molecule has 1 unspecified atom stereocenters. The number of nitrogens with one attached hydrogen (secondary N) is 1. The minimum Gasteiger partial charge on any atom is -0.309 e. The summed E-state index contributed by atoms with van der Waals surface area (Å²) >= 11 is 5.81. The number of pyridine rings is 1. The molecule has 1 atom stereocenters. The van der Waals surface area contributed by atoms with E-state index in [0.29, 0.717) is 11.1 Å². The Balaban J connectivity index is 2.13. The van der Waals surface area contributed by atoms with Crippen molar-refractivity contribution >= 4 is 11.6 Å². The Hall–Kier alpha value is -0.600. The van der Waals surface area contributed by atoms with Crippen LogP contribution in [0, 0.1) is 5.92 Å². The van der Waals surface area contributed by atoms with E-state index in [1.807, 2.05) is 12.1 Å². The molecule has 0 amide bonds. The highest BCUT2D eigenvalue weighted by Gasteiger charge is 2.32. The van der Waals surface area contributed by atoms with E-state index in [4.69, 9.17) is 11.6 Å². The first-order chi connectivity index (χ1) is 6.81. The normalized spacial score (nSPS) is 18.1. The minimum absolute atomic E-state index is 0.428. The molecule has 1 saturated carbocycles. The predicted molar refractivity (Wildman–Crippen MR) is 58.4 cm³/mol. The molecule has 1 N–H and O–H groups in total. The Labute approximate surface area is 89.7 Å². The lowest BCUT2D eigenvalue weighted by Gasteiger charge is -2.16. The van der Waals surface area contributed by atoms with Crippen molar-refractivity contribution in [2.24, 2.45) is 5.92 Å².